The van der Waals surface area contributed by atoms with Crippen LogP contribution in [0.3, 0.4) is 0 Å². The zero-order valence-electron chi connectivity index (χ0n) is 13.0. The van der Waals surface area contributed by atoms with Crippen LogP contribution in [0, 0.1) is 0 Å². The Balaban J connectivity index is 1.72. The first-order valence-corrected chi connectivity index (χ1v) is 7.32. The molecule has 3 aromatic rings. The van der Waals surface area contributed by atoms with Crippen LogP contribution in [0.2, 0.25) is 0 Å². The maximum atomic E-state index is 12.1. The van der Waals surface area contributed by atoms with Gasteiger partial charge in [-0.25, -0.2) is 4.79 Å². The van der Waals surface area contributed by atoms with Gasteiger partial charge in [0.1, 0.15) is 5.75 Å². The van der Waals surface area contributed by atoms with E-state index in [1.165, 1.54) is 36.4 Å². The Morgan fingerprint density at radius 1 is 1.12 bits per heavy atom. The van der Waals surface area contributed by atoms with Gasteiger partial charge in [-0.05, 0) is 36.4 Å². The lowest BCUT2D eigenvalue weighted by Crippen LogP contribution is -2.16. The average molecular weight is 363 g/mol. The molecule has 0 bridgehead atoms. The Labute approximate surface area is 145 Å². The molecular weight excluding hydrogens is 351 g/mol. The van der Waals surface area contributed by atoms with Gasteiger partial charge in [0, 0.05) is 17.3 Å². The number of nitrogens with one attached hydrogen (secondary N) is 2. The summed E-state index contributed by atoms with van der Waals surface area (Å²) in [7, 11) is 0. The van der Waals surface area contributed by atoms with E-state index in [1.807, 2.05) is 0 Å². The van der Waals surface area contributed by atoms with E-state index in [0.717, 1.165) is 0 Å². The number of carboxylic acid groups (broad SMARTS) is 1. The first-order valence-electron chi connectivity index (χ1n) is 7.32. The lowest BCUT2D eigenvalue weighted by atomic mass is 10.1. The molecule has 0 atom stereocenters. The molecule has 26 heavy (non-hydrogen) atoms. The van der Waals surface area contributed by atoms with Crippen molar-refractivity contribution in [1.29, 1.82) is 0 Å². The molecule has 0 saturated heterocycles. The highest BCUT2D eigenvalue weighted by molar-refractivity contribution is 5.89. The van der Waals surface area contributed by atoms with Crippen LogP contribution in [0.1, 0.15) is 10.4 Å². The predicted octanol–water partition coefficient (Wildman–Crippen LogP) is 4.42. The number of H-pyrrole nitrogens is 1. The van der Waals surface area contributed by atoms with E-state index in [9.17, 15) is 18.0 Å². The first-order chi connectivity index (χ1) is 12.3. The normalized spacial score (nSPS) is 11.2. The number of aromatic nitrogens is 2. The highest BCUT2D eigenvalue weighted by Crippen LogP contribution is 2.26. The molecule has 6 nitrogen and oxygen atoms in total. The fourth-order valence-corrected chi connectivity index (χ4v) is 2.24. The zero-order valence-corrected chi connectivity index (χ0v) is 13.0. The van der Waals surface area contributed by atoms with E-state index in [-0.39, 0.29) is 11.3 Å². The molecule has 2 aromatic carbocycles. The molecule has 3 N–H and O–H groups in total. The van der Waals surface area contributed by atoms with Gasteiger partial charge in [-0.2, -0.15) is 5.10 Å². The monoisotopic (exact) mass is 363 g/mol. The predicted molar refractivity (Wildman–Crippen MR) is 87.4 cm³/mol. The van der Waals surface area contributed by atoms with Crippen molar-refractivity contribution in [2.75, 3.05) is 5.32 Å². The molecule has 9 heteroatoms. The fraction of sp³-hybridized carbons (Fsp3) is 0.0588. The van der Waals surface area contributed by atoms with Gasteiger partial charge in [-0.15, -0.1) is 13.2 Å². The van der Waals surface area contributed by atoms with E-state index < -0.39 is 12.3 Å². The third-order valence-corrected chi connectivity index (χ3v) is 3.36. The SMILES string of the molecule is O=C(O)c1cccc(-c2cc(Nc3ccc(OC(F)(F)F)cc3)n[nH]2)c1. The second-order valence-electron chi connectivity index (χ2n) is 5.25. The lowest BCUT2D eigenvalue weighted by molar-refractivity contribution is -0.274. The number of hydrogen-bond acceptors (Lipinski definition) is 4. The Morgan fingerprint density at radius 3 is 2.50 bits per heavy atom. The molecule has 0 radical (unpaired) electrons. The van der Waals surface area contributed by atoms with Crippen molar-refractivity contribution in [1.82, 2.24) is 10.2 Å². The van der Waals surface area contributed by atoms with Crippen LogP contribution in [-0.4, -0.2) is 27.6 Å². The number of nitrogens with zero attached hydrogens (tertiary/aromatic N) is 1. The second kappa shape index (κ2) is 6.79. The highest BCUT2D eigenvalue weighted by atomic mass is 19.4. The summed E-state index contributed by atoms with van der Waals surface area (Å²) in [5.74, 6) is -0.938. The minimum Gasteiger partial charge on any atom is -0.478 e. The zero-order chi connectivity index (χ0) is 18.7. The van der Waals surface area contributed by atoms with Crippen LogP contribution in [0.5, 0.6) is 5.75 Å². The Bertz CT molecular complexity index is 921. The van der Waals surface area contributed by atoms with E-state index in [4.69, 9.17) is 5.11 Å². The van der Waals surface area contributed by atoms with Crippen molar-refractivity contribution in [3.8, 4) is 17.0 Å². The molecule has 134 valence electrons. The fourth-order valence-electron chi connectivity index (χ4n) is 2.24. The number of alkyl halides is 3. The number of halogens is 3. The minimum atomic E-state index is -4.74. The number of ether oxygens (including phenoxy) is 1. The van der Waals surface area contributed by atoms with Crippen molar-refractivity contribution in [3.63, 3.8) is 0 Å². The Hall–Kier alpha value is -3.49. The van der Waals surface area contributed by atoms with Gasteiger partial charge in [0.2, 0.25) is 0 Å². The van der Waals surface area contributed by atoms with Crippen molar-refractivity contribution in [2.45, 2.75) is 6.36 Å². The number of carbonyl (C=O) groups is 1. The number of rotatable bonds is 5. The summed E-state index contributed by atoms with van der Waals surface area (Å²) in [5, 5.41) is 18.8. The smallest absolute Gasteiger partial charge is 0.478 e. The topological polar surface area (TPSA) is 87.2 Å². The van der Waals surface area contributed by atoms with Crippen molar-refractivity contribution in [2.24, 2.45) is 0 Å². The van der Waals surface area contributed by atoms with E-state index >= 15 is 0 Å². The van der Waals surface area contributed by atoms with Crippen LogP contribution in [0.4, 0.5) is 24.7 Å². The second-order valence-corrected chi connectivity index (χ2v) is 5.25. The van der Waals surface area contributed by atoms with Gasteiger partial charge in [0.15, 0.2) is 5.82 Å². The largest absolute Gasteiger partial charge is 0.573 e. The van der Waals surface area contributed by atoms with Crippen LogP contribution in [-0.2, 0) is 0 Å². The molecule has 0 aliphatic heterocycles. The summed E-state index contributed by atoms with van der Waals surface area (Å²) in [6, 6.07) is 13.2. The van der Waals surface area contributed by atoms with Crippen molar-refractivity contribution in [3.05, 3.63) is 60.2 Å². The molecule has 1 heterocycles. The summed E-state index contributed by atoms with van der Waals surface area (Å²) >= 11 is 0. The van der Waals surface area contributed by atoms with Gasteiger partial charge in [0.05, 0.1) is 11.3 Å². The van der Waals surface area contributed by atoms with Crippen molar-refractivity contribution >= 4 is 17.5 Å². The van der Waals surface area contributed by atoms with E-state index in [0.29, 0.717) is 22.8 Å². The molecule has 1 aromatic heterocycles. The molecule has 0 saturated carbocycles. The minimum absolute atomic E-state index is 0.145. The van der Waals surface area contributed by atoms with Gasteiger partial charge < -0.3 is 15.2 Å². The lowest BCUT2D eigenvalue weighted by Gasteiger charge is -2.09. The van der Waals surface area contributed by atoms with Crippen LogP contribution < -0.4 is 10.1 Å². The highest BCUT2D eigenvalue weighted by Gasteiger charge is 2.30. The first kappa shape index (κ1) is 17.3. The van der Waals surface area contributed by atoms with E-state index in [2.05, 4.69) is 20.3 Å². The number of hydrogen-bond donors (Lipinski definition) is 3. The maximum Gasteiger partial charge on any atom is 0.573 e. The summed E-state index contributed by atoms with van der Waals surface area (Å²) in [5.41, 5.74) is 1.88. The van der Waals surface area contributed by atoms with Gasteiger partial charge in [-0.3, -0.25) is 5.10 Å². The number of aromatic carboxylic acids is 1. The van der Waals surface area contributed by atoms with Crippen LogP contribution in [0.15, 0.2) is 54.6 Å². The molecule has 0 aliphatic carbocycles. The van der Waals surface area contributed by atoms with Gasteiger partial charge in [0.25, 0.3) is 0 Å². The Morgan fingerprint density at radius 2 is 1.85 bits per heavy atom. The molecular formula is C17H12F3N3O3. The van der Waals surface area contributed by atoms with Crippen LogP contribution in [0.25, 0.3) is 11.3 Å². The van der Waals surface area contributed by atoms with Crippen molar-refractivity contribution < 1.29 is 27.8 Å². The number of aromatic amines is 1. The average Bonchev–Trinajstić information content (AvgIpc) is 3.04. The molecule has 3 rings (SSSR count). The summed E-state index contributed by atoms with van der Waals surface area (Å²) in [6.07, 6.45) is -4.74. The quantitative estimate of drug-likeness (QED) is 0.625. The number of carboxylic acids is 1. The third kappa shape index (κ3) is 4.32. The molecule has 0 unspecified atom stereocenters. The molecule has 0 spiro atoms. The molecule has 0 aliphatic rings. The Kier molecular flexibility index (Phi) is 4.53. The standard InChI is InChI=1S/C17H12F3N3O3/c18-17(19,20)26-13-6-4-12(5-7-13)21-15-9-14(22-23-15)10-2-1-3-11(8-10)16(24)25/h1-9H,(H,24,25)(H2,21,22,23). The molecule has 0 fully saturated rings. The number of benzene rings is 2. The summed E-state index contributed by atoms with van der Waals surface area (Å²) in [4.78, 5) is 11.0. The van der Waals surface area contributed by atoms with Crippen LogP contribution >= 0.6 is 0 Å². The summed E-state index contributed by atoms with van der Waals surface area (Å²) < 4.78 is 40.2. The van der Waals surface area contributed by atoms with Gasteiger partial charge in [-0.1, -0.05) is 12.1 Å². The van der Waals surface area contributed by atoms with Gasteiger partial charge >= 0.3 is 12.3 Å². The van der Waals surface area contributed by atoms with E-state index in [1.54, 1.807) is 18.2 Å². The summed E-state index contributed by atoms with van der Waals surface area (Å²) in [6.45, 7) is 0. The maximum absolute atomic E-state index is 12.1. The molecule has 0 amide bonds. The number of anilines is 2. The third-order valence-electron chi connectivity index (χ3n) is 3.36.